The average molecular weight is 494 g/mol. The van der Waals surface area contributed by atoms with E-state index in [9.17, 15) is 31.6 Å². The van der Waals surface area contributed by atoms with E-state index in [-0.39, 0.29) is 39.6 Å². The Labute approximate surface area is 200 Å². The second kappa shape index (κ2) is 8.30. The standard InChI is InChI=1S/C26H12F6N4/c27-25(28,29)16-7-3-5-14(11-16)20-21(15-6-4-8-17(12-15)26(30,31)32)36-24-22(34-13-33)18-9-1-2-10-19(18)23(24)35-20/h1-12H/b34-22+. The number of hydrogen-bond donors (Lipinski definition) is 0. The number of alkyl halides is 6. The zero-order valence-corrected chi connectivity index (χ0v) is 18.0. The van der Waals surface area contributed by atoms with E-state index in [4.69, 9.17) is 0 Å². The second-order valence-corrected chi connectivity index (χ2v) is 7.88. The van der Waals surface area contributed by atoms with Crippen molar-refractivity contribution in [3.63, 3.8) is 0 Å². The highest BCUT2D eigenvalue weighted by atomic mass is 19.4. The van der Waals surface area contributed by atoms with E-state index >= 15 is 0 Å². The maximum atomic E-state index is 13.4. The summed E-state index contributed by atoms with van der Waals surface area (Å²) >= 11 is 0. The van der Waals surface area contributed by atoms with Gasteiger partial charge in [0.15, 0.2) is 0 Å². The van der Waals surface area contributed by atoms with Gasteiger partial charge in [-0.3, -0.25) is 0 Å². The summed E-state index contributed by atoms with van der Waals surface area (Å²) in [6.07, 6.45) is -7.60. The number of hydrogen-bond acceptors (Lipinski definition) is 4. The summed E-state index contributed by atoms with van der Waals surface area (Å²) in [5.41, 5.74) is -0.290. The Bertz CT molecular complexity index is 1580. The fourth-order valence-electron chi connectivity index (χ4n) is 4.06. The SMILES string of the molecule is N#C/N=C1\c2ccccc2-c2nc(-c3cccc(C(F)(F)F)c3)c(-c3cccc(C(F)(F)F)c3)nc21. The minimum atomic E-state index is -4.65. The van der Waals surface area contributed by atoms with Crippen LogP contribution in [0.4, 0.5) is 26.3 Å². The summed E-state index contributed by atoms with van der Waals surface area (Å²) in [6, 6.07) is 15.4. The van der Waals surface area contributed by atoms with Crippen LogP contribution in [0, 0.1) is 11.5 Å². The Morgan fingerprint density at radius 1 is 0.611 bits per heavy atom. The van der Waals surface area contributed by atoms with Crippen LogP contribution in [0.1, 0.15) is 22.4 Å². The lowest BCUT2D eigenvalue weighted by atomic mass is 10.00. The molecule has 10 heteroatoms. The van der Waals surface area contributed by atoms with Crippen LogP contribution < -0.4 is 0 Å². The number of benzene rings is 3. The van der Waals surface area contributed by atoms with Crippen molar-refractivity contribution in [1.29, 1.82) is 5.26 Å². The van der Waals surface area contributed by atoms with Crippen molar-refractivity contribution in [2.24, 2.45) is 4.99 Å². The van der Waals surface area contributed by atoms with Gasteiger partial charge in [-0.1, -0.05) is 48.5 Å². The number of nitriles is 1. The van der Waals surface area contributed by atoms with Gasteiger partial charge in [0.1, 0.15) is 11.4 Å². The molecule has 0 radical (unpaired) electrons. The summed E-state index contributed by atoms with van der Waals surface area (Å²) in [5, 5.41) is 9.21. The first-order chi connectivity index (χ1) is 17.1. The minimum absolute atomic E-state index is 0.000185. The molecule has 4 aromatic rings. The van der Waals surface area contributed by atoms with E-state index in [0.29, 0.717) is 11.1 Å². The summed E-state index contributed by atoms with van der Waals surface area (Å²) < 4.78 is 80.6. The number of rotatable bonds is 2. The van der Waals surface area contributed by atoms with E-state index in [1.54, 1.807) is 30.5 Å². The van der Waals surface area contributed by atoms with E-state index in [0.717, 1.165) is 24.3 Å². The molecule has 0 spiro atoms. The molecule has 3 aromatic carbocycles. The predicted octanol–water partition coefficient (Wildman–Crippen LogP) is 7.15. The van der Waals surface area contributed by atoms with Gasteiger partial charge in [-0.05, 0) is 24.3 Å². The number of halogens is 6. The molecule has 178 valence electrons. The predicted molar refractivity (Wildman–Crippen MR) is 120 cm³/mol. The van der Waals surface area contributed by atoms with Gasteiger partial charge in [0.05, 0.1) is 28.2 Å². The van der Waals surface area contributed by atoms with E-state index in [1.165, 1.54) is 24.3 Å². The molecule has 5 rings (SSSR count). The second-order valence-electron chi connectivity index (χ2n) is 7.88. The maximum Gasteiger partial charge on any atom is 0.416 e. The highest BCUT2D eigenvalue weighted by molar-refractivity contribution is 6.23. The molecule has 0 bridgehead atoms. The van der Waals surface area contributed by atoms with Crippen LogP contribution in [0.15, 0.2) is 77.8 Å². The Kier molecular flexibility index (Phi) is 5.36. The molecule has 0 fully saturated rings. The van der Waals surface area contributed by atoms with Crippen LogP contribution >= 0.6 is 0 Å². The molecule has 1 aromatic heterocycles. The molecule has 1 heterocycles. The van der Waals surface area contributed by atoms with Crippen LogP contribution in [-0.2, 0) is 12.4 Å². The molecular formula is C26H12F6N4. The van der Waals surface area contributed by atoms with Crippen molar-refractivity contribution in [2.45, 2.75) is 12.4 Å². The number of nitrogens with zero attached hydrogens (tertiary/aromatic N) is 4. The van der Waals surface area contributed by atoms with Crippen molar-refractivity contribution < 1.29 is 26.3 Å². The van der Waals surface area contributed by atoms with E-state index in [1.807, 2.05) is 0 Å². The number of fused-ring (bicyclic) bond motifs is 3. The molecule has 0 aliphatic heterocycles. The zero-order chi connectivity index (χ0) is 25.7. The average Bonchev–Trinajstić information content (AvgIpc) is 3.15. The summed E-state index contributed by atoms with van der Waals surface area (Å²) in [5.74, 6) is 0. The topological polar surface area (TPSA) is 61.9 Å². The van der Waals surface area contributed by atoms with Crippen LogP contribution in [0.3, 0.4) is 0 Å². The monoisotopic (exact) mass is 494 g/mol. The largest absolute Gasteiger partial charge is 0.416 e. The quantitative estimate of drug-likeness (QED) is 0.193. The molecule has 0 amide bonds. The van der Waals surface area contributed by atoms with Gasteiger partial charge < -0.3 is 0 Å². The van der Waals surface area contributed by atoms with Gasteiger partial charge >= 0.3 is 12.4 Å². The first-order valence-electron chi connectivity index (χ1n) is 10.4. The van der Waals surface area contributed by atoms with Gasteiger partial charge in [0.2, 0.25) is 6.19 Å². The minimum Gasteiger partial charge on any atom is -0.243 e. The molecule has 1 aliphatic carbocycles. The highest BCUT2D eigenvalue weighted by Gasteiger charge is 2.34. The Hall–Kier alpha value is -4.52. The van der Waals surface area contributed by atoms with Gasteiger partial charge in [-0.25, -0.2) is 9.97 Å². The Morgan fingerprint density at radius 3 is 1.61 bits per heavy atom. The Balaban J connectivity index is 1.83. The van der Waals surface area contributed by atoms with Crippen LogP contribution in [-0.4, -0.2) is 15.7 Å². The first-order valence-corrected chi connectivity index (χ1v) is 10.4. The number of aliphatic imine (C=N–C) groups is 1. The molecule has 4 nitrogen and oxygen atoms in total. The highest BCUT2D eigenvalue weighted by Crippen LogP contribution is 2.41. The third kappa shape index (κ3) is 3.98. The van der Waals surface area contributed by atoms with E-state index < -0.39 is 23.5 Å². The lowest BCUT2D eigenvalue weighted by molar-refractivity contribution is -0.138. The van der Waals surface area contributed by atoms with Crippen molar-refractivity contribution in [1.82, 2.24) is 9.97 Å². The lowest BCUT2D eigenvalue weighted by Gasteiger charge is -2.15. The van der Waals surface area contributed by atoms with Crippen LogP contribution in [0.5, 0.6) is 0 Å². The maximum absolute atomic E-state index is 13.4. The fourth-order valence-corrected chi connectivity index (χ4v) is 4.06. The first kappa shape index (κ1) is 23.2. The summed E-state index contributed by atoms with van der Waals surface area (Å²) in [6.45, 7) is 0. The molecule has 0 atom stereocenters. The molecule has 36 heavy (non-hydrogen) atoms. The van der Waals surface area contributed by atoms with Crippen LogP contribution in [0.25, 0.3) is 33.8 Å². The van der Waals surface area contributed by atoms with Crippen molar-refractivity contribution >= 4 is 5.71 Å². The summed E-state index contributed by atoms with van der Waals surface area (Å²) in [7, 11) is 0. The Morgan fingerprint density at radius 2 is 1.11 bits per heavy atom. The smallest absolute Gasteiger partial charge is 0.243 e. The van der Waals surface area contributed by atoms with Gasteiger partial charge in [-0.15, -0.1) is 0 Å². The van der Waals surface area contributed by atoms with Gasteiger partial charge in [0, 0.05) is 22.3 Å². The third-order valence-electron chi connectivity index (χ3n) is 5.65. The fraction of sp³-hybridized carbons (Fsp3) is 0.0769. The molecule has 0 saturated carbocycles. The third-order valence-corrected chi connectivity index (χ3v) is 5.65. The van der Waals surface area contributed by atoms with Gasteiger partial charge in [0.25, 0.3) is 0 Å². The van der Waals surface area contributed by atoms with Crippen molar-refractivity contribution in [2.75, 3.05) is 0 Å². The van der Waals surface area contributed by atoms with Crippen LogP contribution in [0.2, 0.25) is 0 Å². The molecule has 1 aliphatic rings. The molecule has 0 unspecified atom stereocenters. The van der Waals surface area contributed by atoms with Crippen molar-refractivity contribution in [3.05, 3.63) is 95.2 Å². The lowest BCUT2D eigenvalue weighted by Crippen LogP contribution is -2.08. The summed E-state index contributed by atoms with van der Waals surface area (Å²) in [4.78, 5) is 13.0. The van der Waals surface area contributed by atoms with E-state index in [2.05, 4.69) is 15.0 Å². The molecular weight excluding hydrogens is 482 g/mol. The number of aromatic nitrogens is 2. The molecule has 0 N–H and O–H groups in total. The van der Waals surface area contributed by atoms with Gasteiger partial charge in [-0.2, -0.15) is 36.6 Å². The molecule has 0 saturated heterocycles. The normalized spacial score (nSPS) is 13.9. The zero-order valence-electron chi connectivity index (χ0n) is 18.0. The van der Waals surface area contributed by atoms with Crippen molar-refractivity contribution in [3.8, 4) is 40.0 Å².